The van der Waals surface area contributed by atoms with Gasteiger partial charge in [0.1, 0.15) is 0 Å². The molecule has 3 aromatic rings. The summed E-state index contributed by atoms with van der Waals surface area (Å²) in [5.41, 5.74) is -5.22. The number of carbonyl (C=O) groups excluding carboxylic acids is 6. The summed E-state index contributed by atoms with van der Waals surface area (Å²) in [7, 11) is 5.47. The van der Waals surface area contributed by atoms with Crippen molar-refractivity contribution in [2.24, 2.45) is 0 Å². The van der Waals surface area contributed by atoms with Crippen LogP contribution < -0.4 is 0 Å². The monoisotopic (exact) mass is 674 g/mol. The molecule has 3 rings (SSSR count). The summed E-state index contributed by atoms with van der Waals surface area (Å²) in [6, 6.07) is 20.0. The molecule has 0 aliphatic rings. The van der Waals surface area contributed by atoms with Gasteiger partial charge < -0.3 is 28.4 Å². The maximum atomic E-state index is 12.5. The number of rotatable bonds is 6. The van der Waals surface area contributed by atoms with Crippen molar-refractivity contribution in [3.63, 3.8) is 0 Å². The molecule has 0 aromatic heterocycles. The summed E-state index contributed by atoms with van der Waals surface area (Å²) in [6.45, 7) is 0. The van der Waals surface area contributed by atoms with Crippen LogP contribution in [-0.2, 0) is 62.0 Å². The van der Waals surface area contributed by atoms with Gasteiger partial charge in [0.05, 0.1) is 76.0 Å². The molecule has 0 bridgehead atoms. The van der Waals surface area contributed by atoms with Gasteiger partial charge in [-0.2, -0.15) is 36.4 Å². The van der Waals surface area contributed by atoms with Crippen LogP contribution in [0.4, 0.5) is 0 Å². The Morgan fingerprint density at radius 2 is 0.524 bits per heavy atom. The van der Waals surface area contributed by atoms with E-state index in [1.54, 1.807) is 0 Å². The molecular weight excluding hydrogens is 646 g/mol. The van der Waals surface area contributed by atoms with Gasteiger partial charge in [-0.1, -0.05) is 0 Å². The first-order valence-electron chi connectivity index (χ1n) is 11.2. The Bertz CT molecular complexity index is 1040. The van der Waals surface area contributed by atoms with Gasteiger partial charge in [-0.3, -0.25) is 0 Å². The molecule has 0 saturated carbocycles. The largest absolute Gasteiger partial charge is 0.465 e. The van der Waals surface area contributed by atoms with Crippen molar-refractivity contribution in [3.05, 3.63) is 94.0 Å². The minimum Gasteiger partial charge on any atom is -0.465 e. The van der Waals surface area contributed by atoms with Crippen molar-refractivity contribution in [1.29, 1.82) is 0 Å². The van der Waals surface area contributed by atoms with Crippen LogP contribution in [-0.4, -0.2) is 78.5 Å². The number of benzene rings is 1. The predicted molar refractivity (Wildman–Crippen MR) is 139 cm³/mol. The fraction of sp³-hybridized carbons (Fsp3) is 0.214. The smallest absolute Gasteiger partial charge is 0.339 e. The first kappa shape index (κ1) is 39.9. The zero-order valence-electron chi connectivity index (χ0n) is 23.3. The van der Waals surface area contributed by atoms with Crippen LogP contribution in [0.3, 0.4) is 0 Å². The normalized spacial score (nSPS) is 8.90. The van der Waals surface area contributed by atoms with Crippen molar-refractivity contribution in [1.82, 2.24) is 0 Å². The average molecular weight is 674 g/mol. The van der Waals surface area contributed by atoms with E-state index in [0.717, 1.165) is 42.7 Å². The number of ether oxygens (including phenoxy) is 6. The Labute approximate surface area is 262 Å². The number of hydrogen-bond acceptors (Lipinski definition) is 12. The Morgan fingerprint density at radius 1 is 0.381 bits per heavy atom. The topological polar surface area (TPSA) is 158 Å². The van der Waals surface area contributed by atoms with E-state index in [-0.39, 0.29) is 33.6 Å². The van der Waals surface area contributed by atoms with Gasteiger partial charge in [0.15, 0.2) is 0 Å². The molecule has 14 heteroatoms. The van der Waals surface area contributed by atoms with Gasteiger partial charge in [-0.05, 0) is 0 Å². The minimum atomic E-state index is -1.32. The summed E-state index contributed by atoms with van der Waals surface area (Å²) in [5.74, 6) is -7.90. The molecule has 0 aliphatic carbocycles. The first-order valence-corrected chi connectivity index (χ1v) is 11.2. The molecule has 0 saturated heterocycles. The zero-order chi connectivity index (χ0) is 30.2. The maximum Gasteiger partial charge on any atom is 0.339 e. The molecule has 42 heavy (non-hydrogen) atoms. The summed E-state index contributed by atoms with van der Waals surface area (Å²) >= 11 is 0. The van der Waals surface area contributed by atoms with E-state index in [2.05, 4.69) is 28.4 Å². The Balaban J connectivity index is 0. The standard InChI is InChI=1S/C18H18O12.2C5H5.2Co/c1-25-13(19)7-8(14(20)26-2)10(16(22)28-4)12(18(24)30-6)11(17(23)29-5)9(7)15(21)27-3;2*1-2-4-5-3-1;;/h1-6H3;2*1-5H;;/q;2*-1;;. The molecule has 2 radical (unpaired) electrons. The zero-order valence-corrected chi connectivity index (χ0v) is 25.4. The van der Waals surface area contributed by atoms with Gasteiger partial charge >= 0.3 is 35.8 Å². The Kier molecular flexibility index (Phi) is 19.6. The van der Waals surface area contributed by atoms with Crippen molar-refractivity contribution in [3.8, 4) is 0 Å². The van der Waals surface area contributed by atoms with Gasteiger partial charge in [0.2, 0.25) is 0 Å². The number of methoxy groups -OCH3 is 6. The van der Waals surface area contributed by atoms with Crippen LogP contribution >= 0.6 is 0 Å². The molecule has 0 atom stereocenters. The van der Waals surface area contributed by atoms with E-state index in [1.807, 2.05) is 60.7 Å². The molecule has 0 heterocycles. The summed E-state index contributed by atoms with van der Waals surface area (Å²) < 4.78 is 27.6. The van der Waals surface area contributed by atoms with Gasteiger partial charge in [0.25, 0.3) is 0 Å². The maximum absolute atomic E-state index is 12.5. The second-order valence-electron chi connectivity index (χ2n) is 7.12. The summed E-state index contributed by atoms with van der Waals surface area (Å²) in [4.78, 5) is 75.1. The van der Waals surface area contributed by atoms with E-state index < -0.39 is 69.2 Å². The molecule has 0 N–H and O–H groups in total. The van der Waals surface area contributed by atoms with Crippen molar-refractivity contribution in [2.45, 2.75) is 0 Å². The van der Waals surface area contributed by atoms with Crippen LogP contribution in [0.25, 0.3) is 0 Å². The predicted octanol–water partition coefficient (Wildman–Crippen LogP) is 3.21. The van der Waals surface area contributed by atoms with Crippen LogP contribution in [0, 0.1) is 0 Å². The third-order valence-corrected chi connectivity index (χ3v) is 4.95. The third kappa shape index (κ3) is 9.99. The van der Waals surface area contributed by atoms with E-state index in [1.165, 1.54) is 0 Å². The second-order valence-corrected chi connectivity index (χ2v) is 7.12. The van der Waals surface area contributed by atoms with Crippen LogP contribution in [0.5, 0.6) is 0 Å². The van der Waals surface area contributed by atoms with Crippen molar-refractivity contribution < 1.29 is 90.7 Å². The molecule has 0 aliphatic heterocycles. The number of carbonyl (C=O) groups is 6. The second kappa shape index (κ2) is 20.6. The fourth-order valence-corrected chi connectivity index (χ4v) is 3.23. The van der Waals surface area contributed by atoms with E-state index in [9.17, 15) is 28.8 Å². The van der Waals surface area contributed by atoms with E-state index in [0.29, 0.717) is 0 Å². The summed E-state index contributed by atoms with van der Waals surface area (Å²) in [6.07, 6.45) is 0. The molecular formula is C28H28Co2O12-2. The molecule has 0 fully saturated rings. The third-order valence-electron chi connectivity index (χ3n) is 4.95. The molecule has 12 nitrogen and oxygen atoms in total. The molecule has 0 unspecified atom stereocenters. The molecule has 232 valence electrons. The number of hydrogen-bond donors (Lipinski definition) is 0. The van der Waals surface area contributed by atoms with Gasteiger partial charge in [-0.25, -0.2) is 53.0 Å². The molecule has 3 aromatic carbocycles. The first-order chi connectivity index (χ1) is 19.2. The molecule has 0 spiro atoms. The Hall–Kier alpha value is -4.25. The Morgan fingerprint density at radius 3 is 0.595 bits per heavy atom. The fourth-order valence-electron chi connectivity index (χ4n) is 3.23. The van der Waals surface area contributed by atoms with Crippen LogP contribution in [0.15, 0.2) is 60.7 Å². The summed E-state index contributed by atoms with van der Waals surface area (Å²) in [5, 5.41) is 0. The van der Waals surface area contributed by atoms with Crippen molar-refractivity contribution in [2.75, 3.05) is 42.7 Å². The molecule has 0 amide bonds. The van der Waals surface area contributed by atoms with Crippen molar-refractivity contribution >= 4 is 35.8 Å². The minimum absolute atomic E-state index is 0. The van der Waals surface area contributed by atoms with Gasteiger partial charge in [0, 0.05) is 33.6 Å². The quantitative estimate of drug-likeness (QED) is 0.214. The van der Waals surface area contributed by atoms with E-state index in [4.69, 9.17) is 0 Å². The van der Waals surface area contributed by atoms with E-state index >= 15 is 0 Å². The number of esters is 6. The van der Waals surface area contributed by atoms with Crippen LogP contribution in [0.1, 0.15) is 62.1 Å². The van der Waals surface area contributed by atoms with Crippen LogP contribution in [0.2, 0.25) is 0 Å². The SMILES string of the molecule is COC(=O)c1c(C(=O)OC)c(C(=O)OC)c(C(=O)OC)c(C(=O)OC)c1C(=O)OC.[Co].[Co].c1cc[cH-]c1.c1cc[cH-]c1. The van der Waals surface area contributed by atoms with Gasteiger partial charge in [-0.15, -0.1) is 0 Å². The average Bonchev–Trinajstić information content (AvgIpc) is 3.77.